The van der Waals surface area contributed by atoms with E-state index >= 15 is 0 Å². The molecule has 3 N–H and O–H groups in total. The number of thiophene rings is 1. The summed E-state index contributed by atoms with van der Waals surface area (Å²) in [4.78, 5) is 6.24. The fourth-order valence-electron chi connectivity index (χ4n) is 1.88. The van der Waals surface area contributed by atoms with Gasteiger partial charge in [0.1, 0.15) is 5.82 Å². The van der Waals surface area contributed by atoms with Crippen molar-refractivity contribution in [2.24, 2.45) is 0 Å². The van der Waals surface area contributed by atoms with Crippen LogP contribution in [0.1, 0.15) is 42.2 Å². The lowest BCUT2D eigenvalue weighted by atomic mass is 9.95. The van der Waals surface area contributed by atoms with Crippen molar-refractivity contribution in [3.63, 3.8) is 0 Å². The number of hydrogen-bond donors (Lipinski definition) is 2. The van der Waals surface area contributed by atoms with Gasteiger partial charge in [-0.25, -0.2) is 4.98 Å². The van der Waals surface area contributed by atoms with E-state index in [2.05, 4.69) is 31.8 Å². The van der Waals surface area contributed by atoms with Crippen molar-refractivity contribution in [1.82, 2.24) is 4.98 Å². The molecule has 0 saturated carbocycles. The predicted octanol–water partition coefficient (Wildman–Crippen LogP) is 3.30. The summed E-state index contributed by atoms with van der Waals surface area (Å²) in [5.74, 6) is 0.492. The summed E-state index contributed by atoms with van der Waals surface area (Å²) in [6.45, 7) is 6.54. The van der Waals surface area contributed by atoms with Gasteiger partial charge in [-0.05, 0) is 35.2 Å². The normalized spacial score (nSPS) is 13.5. The molecule has 102 valence electrons. The number of aliphatic hydroxyl groups is 1. The minimum absolute atomic E-state index is 0.129. The second-order valence-corrected chi connectivity index (χ2v) is 6.88. The first-order chi connectivity index (χ1) is 8.86. The van der Waals surface area contributed by atoms with E-state index in [1.165, 1.54) is 4.88 Å². The van der Waals surface area contributed by atoms with E-state index in [1.807, 2.05) is 18.2 Å². The maximum Gasteiger partial charge on any atom is 0.123 e. The van der Waals surface area contributed by atoms with Crippen LogP contribution in [-0.2, 0) is 11.8 Å². The molecule has 2 aromatic rings. The average molecular weight is 276 g/mol. The van der Waals surface area contributed by atoms with Crippen LogP contribution in [-0.4, -0.2) is 10.1 Å². The summed E-state index contributed by atoms with van der Waals surface area (Å²) in [6.07, 6.45) is 1.76. The molecule has 0 aromatic carbocycles. The second-order valence-electron chi connectivity index (χ2n) is 5.76. The highest BCUT2D eigenvalue weighted by atomic mass is 32.1. The van der Waals surface area contributed by atoms with Crippen molar-refractivity contribution >= 4 is 17.2 Å². The van der Waals surface area contributed by atoms with Crippen LogP contribution in [0, 0.1) is 0 Å². The lowest BCUT2D eigenvalue weighted by molar-refractivity contribution is 0.182. The van der Waals surface area contributed by atoms with Crippen LogP contribution in [0.15, 0.2) is 30.5 Å². The van der Waals surface area contributed by atoms with E-state index in [1.54, 1.807) is 17.5 Å². The number of nitrogens with two attached hydrogens (primary N) is 1. The molecule has 0 spiro atoms. The molecule has 1 atom stereocenters. The third-order valence-corrected chi connectivity index (χ3v) is 4.58. The van der Waals surface area contributed by atoms with Crippen LogP contribution in [0.25, 0.3) is 0 Å². The SMILES string of the molecule is CC(C)(C)c1ccc(C(O)Cc2ccnc(N)c2)s1. The Morgan fingerprint density at radius 2 is 2.05 bits per heavy atom. The quantitative estimate of drug-likeness (QED) is 0.904. The van der Waals surface area contributed by atoms with E-state index in [9.17, 15) is 5.11 Å². The van der Waals surface area contributed by atoms with Crippen molar-refractivity contribution in [2.45, 2.75) is 38.7 Å². The van der Waals surface area contributed by atoms with Crippen molar-refractivity contribution in [2.75, 3.05) is 5.73 Å². The zero-order valence-corrected chi connectivity index (χ0v) is 12.4. The van der Waals surface area contributed by atoms with Gasteiger partial charge in [0.25, 0.3) is 0 Å². The van der Waals surface area contributed by atoms with Gasteiger partial charge in [0.05, 0.1) is 6.10 Å². The summed E-state index contributed by atoms with van der Waals surface area (Å²) in [6, 6.07) is 7.81. The molecule has 0 aliphatic heterocycles. The lowest BCUT2D eigenvalue weighted by Gasteiger charge is -2.15. The van der Waals surface area contributed by atoms with Crippen LogP contribution in [0.3, 0.4) is 0 Å². The van der Waals surface area contributed by atoms with Gasteiger partial charge in [0.15, 0.2) is 0 Å². The van der Waals surface area contributed by atoms with Crippen LogP contribution < -0.4 is 5.73 Å². The van der Waals surface area contributed by atoms with Crippen LogP contribution in [0.4, 0.5) is 5.82 Å². The topological polar surface area (TPSA) is 59.1 Å². The van der Waals surface area contributed by atoms with Gasteiger partial charge in [-0.1, -0.05) is 20.8 Å². The Hall–Kier alpha value is -1.39. The fraction of sp³-hybridized carbons (Fsp3) is 0.400. The van der Waals surface area contributed by atoms with Gasteiger partial charge >= 0.3 is 0 Å². The standard InChI is InChI=1S/C15H20N2OS/c1-15(2,3)13-5-4-12(19-13)11(18)8-10-6-7-17-14(16)9-10/h4-7,9,11,18H,8H2,1-3H3,(H2,16,17). The third kappa shape index (κ3) is 3.55. The zero-order chi connectivity index (χ0) is 14.0. The highest BCUT2D eigenvalue weighted by Gasteiger charge is 2.19. The van der Waals surface area contributed by atoms with Crippen molar-refractivity contribution < 1.29 is 5.11 Å². The monoisotopic (exact) mass is 276 g/mol. The summed E-state index contributed by atoms with van der Waals surface area (Å²) in [7, 11) is 0. The summed E-state index contributed by atoms with van der Waals surface area (Å²) in [5.41, 5.74) is 6.78. The largest absolute Gasteiger partial charge is 0.387 e. The molecule has 1 unspecified atom stereocenters. The highest BCUT2D eigenvalue weighted by molar-refractivity contribution is 7.12. The Kier molecular flexibility index (Phi) is 3.92. The van der Waals surface area contributed by atoms with E-state index in [0.29, 0.717) is 12.2 Å². The van der Waals surface area contributed by atoms with Crippen molar-refractivity contribution in [1.29, 1.82) is 0 Å². The Balaban J connectivity index is 2.12. The van der Waals surface area contributed by atoms with Gasteiger partial charge in [-0.3, -0.25) is 0 Å². The first-order valence-corrected chi connectivity index (χ1v) is 7.16. The molecule has 4 heteroatoms. The van der Waals surface area contributed by atoms with Gasteiger partial charge < -0.3 is 10.8 Å². The van der Waals surface area contributed by atoms with Gasteiger partial charge in [-0.15, -0.1) is 11.3 Å². The van der Waals surface area contributed by atoms with Crippen molar-refractivity contribution in [3.8, 4) is 0 Å². The van der Waals surface area contributed by atoms with Crippen molar-refractivity contribution in [3.05, 3.63) is 45.8 Å². The minimum Gasteiger partial charge on any atom is -0.387 e. The van der Waals surface area contributed by atoms with Gasteiger partial charge in [-0.2, -0.15) is 0 Å². The number of nitrogen functional groups attached to an aromatic ring is 1. The Bertz CT molecular complexity index is 557. The average Bonchev–Trinajstić information content (AvgIpc) is 2.77. The molecule has 2 aromatic heterocycles. The lowest BCUT2D eigenvalue weighted by Crippen LogP contribution is -2.08. The minimum atomic E-state index is -0.483. The van der Waals surface area contributed by atoms with Crippen LogP contribution in [0.2, 0.25) is 0 Å². The van der Waals surface area contributed by atoms with E-state index in [4.69, 9.17) is 5.73 Å². The number of nitrogens with zero attached hydrogens (tertiary/aromatic N) is 1. The Labute approximate surface area is 118 Å². The molecule has 0 fully saturated rings. The van der Waals surface area contributed by atoms with E-state index in [0.717, 1.165) is 10.4 Å². The fourth-order valence-corrected chi connectivity index (χ4v) is 2.93. The number of hydrogen-bond acceptors (Lipinski definition) is 4. The molecule has 0 aliphatic rings. The number of anilines is 1. The molecular formula is C15H20N2OS. The Morgan fingerprint density at radius 1 is 1.32 bits per heavy atom. The maximum atomic E-state index is 10.3. The molecular weight excluding hydrogens is 256 g/mol. The molecule has 0 amide bonds. The third-order valence-electron chi connectivity index (χ3n) is 2.97. The molecule has 3 nitrogen and oxygen atoms in total. The molecule has 0 saturated heterocycles. The molecule has 0 radical (unpaired) electrons. The second kappa shape index (κ2) is 5.31. The summed E-state index contributed by atoms with van der Waals surface area (Å²) >= 11 is 1.67. The highest BCUT2D eigenvalue weighted by Crippen LogP contribution is 2.33. The smallest absolute Gasteiger partial charge is 0.123 e. The summed E-state index contributed by atoms with van der Waals surface area (Å²) in [5, 5.41) is 10.3. The number of rotatable bonds is 3. The zero-order valence-electron chi connectivity index (χ0n) is 11.6. The molecule has 0 bridgehead atoms. The van der Waals surface area contributed by atoms with Crippen LogP contribution in [0.5, 0.6) is 0 Å². The molecule has 2 rings (SSSR count). The van der Waals surface area contributed by atoms with Gasteiger partial charge in [0, 0.05) is 22.4 Å². The number of pyridine rings is 1. The molecule has 2 heterocycles. The van der Waals surface area contributed by atoms with Gasteiger partial charge in [0.2, 0.25) is 0 Å². The van der Waals surface area contributed by atoms with Crippen LogP contribution >= 0.6 is 11.3 Å². The Morgan fingerprint density at radius 3 is 2.63 bits per heavy atom. The summed E-state index contributed by atoms with van der Waals surface area (Å²) < 4.78 is 0. The number of aromatic nitrogens is 1. The maximum absolute atomic E-state index is 10.3. The van der Waals surface area contributed by atoms with E-state index in [-0.39, 0.29) is 5.41 Å². The first kappa shape index (κ1) is 14.0. The molecule has 0 aliphatic carbocycles. The van der Waals surface area contributed by atoms with E-state index < -0.39 is 6.10 Å². The predicted molar refractivity (Wildman–Crippen MR) is 80.3 cm³/mol. The number of aliphatic hydroxyl groups excluding tert-OH is 1. The first-order valence-electron chi connectivity index (χ1n) is 6.35. The molecule has 19 heavy (non-hydrogen) atoms.